The van der Waals surface area contributed by atoms with Crippen LogP contribution in [0.3, 0.4) is 0 Å². The van der Waals surface area contributed by atoms with Gasteiger partial charge in [0, 0.05) is 32.5 Å². The molecule has 6 heteroatoms. The van der Waals surface area contributed by atoms with Gasteiger partial charge in [-0.1, -0.05) is 115 Å². The predicted molar refractivity (Wildman–Crippen MR) is 193 cm³/mol. The highest BCUT2D eigenvalue weighted by atomic mass is 16.3. The maximum atomic E-state index is 6.35. The molecule has 9 aromatic rings. The third-order valence-electron chi connectivity index (χ3n) is 9.31. The molecule has 1 aliphatic heterocycles. The summed E-state index contributed by atoms with van der Waals surface area (Å²) in [6.45, 7) is 0. The molecule has 3 aromatic heterocycles. The van der Waals surface area contributed by atoms with Crippen molar-refractivity contribution in [3.63, 3.8) is 0 Å². The Morgan fingerprint density at radius 2 is 1.27 bits per heavy atom. The van der Waals surface area contributed by atoms with E-state index >= 15 is 0 Å². The van der Waals surface area contributed by atoms with Gasteiger partial charge in [0.05, 0.1) is 5.52 Å². The number of nitrogens with zero attached hydrogens (tertiary/aromatic N) is 3. The second-order valence-electron chi connectivity index (χ2n) is 12.1. The van der Waals surface area contributed by atoms with Crippen LogP contribution in [0.2, 0.25) is 0 Å². The van der Waals surface area contributed by atoms with E-state index in [1.807, 2.05) is 78.9 Å². The summed E-state index contributed by atoms with van der Waals surface area (Å²) in [7, 11) is 0. The van der Waals surface area contributed by atoms with Crippen LogP contribution in [-0.2, 0) is 0 Å². The number of fused-ring (bicyclic) bond motifs is 7. The lowest BCUT2D eigenvalue weighted by Crippen LogP contribution is -2.34. The molecule has 2 unspecified atom stereocenters. The molecule has 4 heterocycles. The van der Waals surface area contributed by atoms with Crippen LogP contribution in [0.25, 0.3) is 71.4 Å². The van der Waals surface area contributed by atoms with Gasteiger partial charge in [0.2, 0.25) is 5.71 Å². The van der Waals surface area contributed by atoms with Crippen molar-refractivity contribution < 1.29 is 8.83 Å². The fraction of sp³-hybridized carbons (Fsp3) is 0.0476. The zero-order chi connectivity index (χ0) is 31.6. The fourth-order valence-corrected chi connectivity index (χ4v) is 7.14. The van der Waals surface area contributed by atoms with E-state index < -0.39 is 6.17 Å². The van der Waals surface area contributed by atoms with E-state index in [0.717, 1.165) is 82.8 Å². The average Bonchev–Trinajstić information content (AvgIpc) is 3.72. The first-order valence-electron chi connectivity index (χ1n) is 16.1. The van der Waals surface area contributed by atoms with Crippen molar-refractivity contribution >= 4 is 60.7 Å². The van der Waals surface area contributed by atoms with Crippen molar-refractivity contribution in [1.29, 1.82) is 0 Å². The van der Waals surface area contributed by atoms with Crippen LogP contribution >= 0.6 is 0 Å². The highest BCUT2D eigenvalue weighted by Crippen LogP contribution is 2.45. The number of amidine groups is 1. The second-order valence-corrected chi connectivity index (χ2v) is 12.1. The molecule has 0 bridgehead atoms. The van der Waals surface area contributed by atoms with Gasteiger partial charge >= 0.3 is 0 Å². The highest BCUT2D eigenvalue weighted by Gasteiger charge is 2.23. The van der Waals surface area contributed by atoms with Gasteiger partial charge in [0.1, 0.15) is 22.6 Å². The molecule has 0 saturated heterocycles. The number of aliphatic imine (C=N–C) groups is 1. The number of hydrogen-bond donors (Lipinski definition) is 1. The SMILES string of the molecule is c1ccc(C2=NC(c3cccc4oc5ccccc5c34)[N-]C(c3ccccc3-c3cccc4oc5nc6ccccc6cc5c34)N2)cc1. The number of hydrogen-bond acceptors (Lipinski definition) is 5. The normalized spacial score (nSPS) is 16.5. The molecule has 1 N–H and O–H groups in total. The minimum atomic E-state index is -0.467. The molecule has 0 aliphatic carbocycles. The first kappa shape index (κ1) is 26.9. The van der Waals surface area contributed by atoms with Crippen LogP contribution in [0.5, 0.6) is 0 Å². The van der Waals surface area contributed by atoms with Crippen molar-refractivity contribution in [2.24, 2.45) is 4.99 Å². The van der Waals surface area contributed by atoms with Gasteiger partial charge in [-0.05, 0) is 64.9 Å². The van der Waals surface area contributed by atoms with Gasteiger partial charge in [0.25, 0.3) is 0 Å². The third-order valence-corrected chi connectivity index (χ3v) is 9.31. The maximum Gasteiger partial charge on any atom is 0.227 e. The topological polar surface area (TPSA) is 77.7 Å². The molecule has 10 rings (SSSR count). The Kier molecular flexibility index (Phi) is 5.98. The fourth-order valence-electron chi connectivity index (χ4n) is 7.14. The summed E-state index contributed by atoms with van der Waals surface area (Å²) >= 11 is 0. The monoisotopic (exact) mass is 619 g/mol. The maximum absolute atomic E-state index is 6.35. The molecule has 6 aromatic carbocycles. The summed E-state index contributed by atoms with van der Waals surface area (Å²) < 4.78 is 12.6. The first-order chi connectivity index (χ1) is 23.8. The van der Waals surface area contributed by atoms with Crippen LogP contribution in [0.15, 0.2) is 159 Å². The van der Waals surface area contributed by atoms with Crippen LogP contribution in [0.4, 0.5) is 0 Å². The van der Waals surface area contributed by atoms with E-state index in [0.29, 0.717) is 5.71 Å². The van der Waals surface area contributed by atoms with Crippen molar-refractivity contribution in [2.75, 3.05) is 0 Å². The molecule has 2 atom stereocenters. The van der Waals surface area contributed by atoms with Crippen molar-refractivity contribution in [3.8, 4) is 11.1 Å². The van der Waals surface area contributed by atoms with E-state index in [1.165, 1.54) is 0 Å². The van der Waals surface area contributed by atoms with Gasteiger partial charge in [-0.3, -0.25) is 4.99 Å². The molecule has 1 aliphatic rings. The van der Waals surface area contributed by atoms with Crippen LogP contribution in [-0.4, -0.2) is 10.8 Å². The lowest BCUT2D eigenvalue weighted by Gasteiger charge is -2.44. The van der Waals surface area contributed by atoms with Gasteiger partial charge < -0.3 is 19.5 Å². The molecular weight excluding hydrogens is 592 g/mol. The summed E-state index contributed by atoms with van der Waals surface area (Å²) in [5.41, 5.74) is 9.23. The quantitative estimate of drug-likeness (QED) is 0.213. The van der Waals surface area contributed by atoms with Crippen LogP contribution in [0.1, 0.15) is 29.0 Å². The number of benzene rings is 6. The summed E-state index contributed by atoms with van der Waals surface area (Å²) in [4.78, 5) is 10.1. The van der Waals surface area contributed by atoms with Gasteiger partial charge in [-0.15, -0.1) is 0 Å². The lowest BCUT2D eigenvalue weighted by atomic mass is 9.93. The van der Waals surface area contributed by atoms with E-state index in [4.69, 9.17) is 24.1 Å². The number of nitrogens with one attached hydrogen (secondary N) is 1. The van der Waals surface area contributed by atoms with E-state index in [2.05, 4.69) is 72.0 Å². The number of pyridine rings is 1. The summed E-state index contributed by atoms with van der Waals surface area (Å²) in [5, 5.41) is 14.3. The predicted octanol–water partition coefficient (Wildman–Crippen LogP) is 10.8. The molecule has 0 spiro atoms. The number of para-hydroxylation sites is 2. The highest BCUT2D eigenvalue weighted by molar-refractivity contribution is 6.14. The number of rotatable bonds is 4. The van der Waals surface area contributed by atoms with E-state index in [1.54, 1.807) is 0 Å². The largest absolute Gasteiger partial charge is 0.613 e. The van der Waals surface area contributed by atoms with Gasteiger partial charge in [-0.25, -0.2) is 4.98 Å². The van der Waals surface area contributed by atoms with Crippen LogP contribution in [0, 0.1) is 0 Å². The van der Waals surface area contributed by atoms with Crippen molar-refractivity contribution in [1.82, 2.24) is 10.3 Å². The van der Waals surface area contributed by atoms with Crippen LogP contribution < -0.4 is 5.32 Å². The molecule has 228 valence electrons. The van der Waals surface area contributed by atoms with Gasteiger partial charge in [0.15, 0.2) is 0 Å². The Hall–Kier alpha value is -6.24. The molecular formula is C42H27N4O2-. The summed E-state index contributed by atoms with van der Waals surface area (Å²) in [5.74, 6) is 0.794. The van der Waals surface area contributed by atoms with E-state index in [9.17, 15) is 0 Å². The molecule has 0 amide bonds. The molecule has 0 saturated carbocycles. The first-order valence-corrected chi connectivity index (χ1v) is 16.1. The molecule has 0 fully saturated rings. The molecule has 0 radical (unpaired) electrons. The Bertz CT molecular complexity index is 2710. The summed E-state index contributed by atoms with van der Waals surface area (Å²) in [6, 6.07) is 49.6. The minimum absolute atomic E-state index is 0.389. The van der Waals surface area contributed by atoms with E-state index in [-0.39, 0.29) is 6.17 Å². The standard InChI is InChI=1S/C42H27N4O2/c1-2-12-25(13-3-1)39-44-40(46-41(45-39)31-19-11-22-35-38(31)30-17-7-9-21-34(30)47-35)29-16-6-5-15-27(29)28-18-10-23-36-37(28)32-24-26-14-4-8-20-33(26)43-42(32)48-36/h1-24,40-41H,(H,44,45)/q-1. The van der Waals surface area contributed by atoms with Crippen molar-refractivity contribution in [2.45, 2.75) is 12.3 Å². The third kappa shape index (κ3) is 4.24. The number of aromatic nitrogens is 1. The zero-order valence-corrected chi connectivity index (χ0v) is 25.7. The Morgan fingerprint density at radius 1 is 0.562 bits per heavy atom. The second kappa shape index (κ2) is 10.7. The Labute approximate surface area is 275 Å². The zero-order valence-electron chi connectivity index (χ0n) is 25.7. The lowest BCUT2D eigenvalue weighted by molar-refractivity contribution is 0.633. The Morgan fingerprint density at radius 3 is 2.21 bits per heavy atom. The molecule has 48 heavy (non-hydrogen) atoms. The number of furan rings is 2. The average molecular weight is 620 g/mol. The summed E-state index contributed by atoms with van der Waals surface area (Å²) in [6.07, 6.45) is -0.856. The van der Waals surface area contributed by atoms with Crippen molar-refractivity contribution in [3.05, 3.63) is 168 Å². The minimum Gasteiger partial charge on any atom is -0.613 e. The van der Waals surface area contributed by atoms with Gasteiger partial charge in [-0.2, -0.15) is 0 Å². The Balaban J connectivity index is 1.16. The molecule has 6 nitrogen and oxygen atoms in total. The smallest absolute Gasteiger partial charge is 0.227 e.